The highest BCUT2D eigenvalue weighted by molar-refractivity contribution is 6.33. The Hall–Kier alpha value is -1.33. The fourth-order valence-electron chi connectivity index (χ4n) is 3.26. The molecule has 6 heteroatoms. The molecule has 2 N–H and O–H groups in total. The van der Waals surface area contributed by atoms with E-state index in [1.54, 1.807) is 6.07 Å². The first-order valence-electron chi connectivity index (χ1n) is 7.47. The van der Waals surface area contributed by atoms with Crippen LogP contribution in [0.1, 0.15) is 36.0 Å². The highest BCUT2D eigenvalue weighted by Crippen LogP contribution is 2.32. The SMILES string of the molecule is NC(=O)c1cnc(N2CCC(C3CCCO3)CC2)c(Cl)c1. The minimum absolute atomic E-state index is 0.345. The van der Waals surface area contributed by atoms with Gasteiger partial charge in [0, 0.05) is 25.9 Å². The van der Waals surface area contributed by atoms with Crippen molar-refractivity contribution in [1.29, 1.82) is 0 Å². The number of carbonyl (C=O) groups excluding carboxylic acids is 1. The normalized spacial score (nSPS) is 23.5. The van der Waals surface area contributed by atoms with E-state index in [1.807, 2.05) is 0 Å². The summed E-state index contributed by atoms with van der Waals surface area (Å²) in [5.41, 5.74) is 5.58. The molecule has 5 nitrogen and oxygen atoms in total. The molecule has 0 radical (unpaired) electrons. The first-order valence-corrected chi connectivity index (χ1v) is 7.85. The van der Waals surface area contributed by atoms with Gasteiger partial charge in [-0.3, -0.25) is 4.79 Å². The number of piperidine rings is 1. The van der Waals surface area contributed by atoms with E-state index in [1.165, 1.54) is 19.0 Å². The first-order chi connectivity index (χ1) is 10.1. The van der Waals surface area contributed by atoms with Gasteiger partial charge in [0.05, 0.1) is 16.7 Å². The van der Waals surface area contributed by atoms with Crippen LogP contribution in [0.15, 0.2) is 12.3 Å². The summed E-state index contributed by atoms with van der Waals surface area (Å²) >= 11 is 6.23. The van der Waals surface area contributed by atoms with Crippen molar-refractivity contribution in [2.75, 3.05) is 24.6 Å². The highest BCUT2D eigenvalue weighted by Gasteiger charge is 2.30. The van der Waals surface area contributed by atoms with Crippen LogP contribution in [0.2, 0.25) is 5.02 Å². The fraction of sp³-hybridized carbons (Fsp3) is 0.600. The molecular weight excluding hydrogens is 290 g/mol. The van der Waals surface area contributed by atoms with Crippen molar-refractivity contribution >= 4 is 23.3 Å². The highest BCUT2D eigenvalue weighted by atomic mass is 35.5. The average molecular weight is 310 g/mol. The summed E-state index contributed by atoms with van der Waals surface area (Å²) in [6.07, 6.45) is 6.51. The smallest absolute Gasteiger partial charge is 0.250 e. The second kappa shape index (κ2) is 6.20. The molecule has 1 aromatic heterocycles. The second-order valence-corrected chi connectivity index (χ2v) is 6.18. The maximum absolute atomic E-state index is 11.1. The number of ether oxygens (including phenoxy) is 1. The molecular formula is C15H20ClN3O2. The molecule has 0 aliphatic carbocycles. The maximum Gasteiger partial charge on any atom is 0.250 e. The molecule has 1 aromatic rings. The van der Waals surface area contributed by atoms with Crippen LogP contribution < -0.4 is 10.6 Å². The Balaban J connectivity index is 1.65. The summed E-state index contributed by atoms with van der Waals surface area (Å²) < 4.78 is 5.79. The van der Waals surface area contributed by atoms with Crippen LogP contribution in [0.25, 0.3) is 0 Å². The van der Waals surface area contributed by atoms with Crippen molar-refractivity contribution in [1.82, 2.24) is 4.98 Å². The Bertz CT molecular complexity index is 524. The van der Waals surface area contributed by atoms with E-state index in [9.17, 15) is 4.79 Å². The number of anilines is 1. The standard InChI is InChI=1S/C15H20ClN3O2/c16-12-8-11(14(17)20)9-18-15(12)19-5-3-10(4-6-19)13-2-1-7-21-13/h8-10,13H,1-7H2,(H2,17,20). The molecule has 3 heterocycles. The Morgan fingerprint density at radius 2 is 2.14 bits per heavy atom. The van der Waals surface area contributed by atoms with Crippen molar-refractivity contribution in [2.24, 2.45) is 11.7 Å². The summed E-state index contributed by atoms with van der Waals surface area (Å²) in [7, 11) is 0. The van der Waals surface area contributed by atoms with Crippen molar-refractivity contribution in [3.63, 3.8) is 0 Å². The summed E-state index contributed by atoms with van der Waals surface area (Å²) in [5.74, 6) is 0.882. The number of rotatable bonds is 3. The summed E-state index contributed by atoms with van der Waals surface area (Å²) in [6.45, 7) is 2.76. The van der Waals surface area contributed by atoms with E-state index in [2.05, 4.69) is 9.88 Å². The largest absolute Gasteiger partial charge is 0.378 e. The van der Waals surface area contributed by atoms with Gasteiger partial charge in [0.2, 0.25) is 5.91 Å². The summed E-state index contributed by atoms with van der Waals surface area (Å²) in [4.78, 5) is 17.6. The van der Waals surface area contributed by atoms with Gasteiger partial charge in [-0.05, 0) is 37.7 Å². The predicted octanol–water partition coefficient (Wildman–Crippen LogP) is 2.23. The number of carbonyl (C=O) groups is 1. The summed E-state index contributed by atoms with van der Waals surface area (Å²) in [5, 5.41) is 0.488. The van der Waals surface area contributed by atoms with Gasteiger partial charge in [0.15, 0.2) is 0 Å². The zero-order chi connectivity index (χ0) is 14.8. The van der Waals surface area contributed by atoms with Gasteiger partial charge in [0.25, 0.3) is 0 Å². The van der Waals surface area contributed by atoms with E-state index in [0.29, 0.717) is 22.6 Å². The fourth-order valence-corrected chi connectivity index (χ4v) is 3.54. The molecule has 0 aromatic carbocycles. The molecule has 1 amide bonds. The van der Waals surface area contributed by atoms with Crippen LogP contribution >= 0.6 is 11.6 Å². The number of amides is 1. The Kier molecular flexibility index (Phi) is 4.31. The van der Waals surface area contributed by atoms with E-state index in [-0.39, 0.29) is 0 Å². The van der Waals surface area contributed by atoms with Gasteiger partial charge in [-0.1, -0.05) is 11.6 Å². The zero-order valence-electron chi connectivity index (χ0n) is 11.9. The van der Waals surface area contributed by atoms with Gasteiger partial charge >= 0.3 is 0 Å². The third-order valence-corrected chi connectivity index (χ3v) is 4.71. The van der Waals surface area contributed by atoms with Crippen LogP contribution in [0.4, 0.5) is 5.82 Å². The van der Waals surface area contributed by atoms with Gasteiger partial charge in [0.1, 0.15) is 5.82 Å². The monoisotopic (exact) mass is 309 g/mol. The Morgan fingerprint density at radius 3 is 2.71 bits per heavy atom. The second-order valence-electron chi connectivity index (χ2n) is 5.77. The Morgan fingerprint density at radius 1 is 1.38 bits per heavy atom. The van der Waals surface area contributed by atoms with Gasteiger partial charge in [-0.2, -0.15) is 0 Å². The van der Waals surface area contributed by atoms with E-state index in [0.717, 1.165) is 38.4 Å². The Labute approximate surface area is 129 Å². The predicted molar refractivity (Wildman–Crippen MR) is 81.7 cm³/mol. The van der Waals surface area contributed by atoms with Crippen LogP contribution in [0.5, 0.6) is 0 Å². The lowest BCUT2D eigenvalue weighted by molar-refractivity contribution is 0.0531. The molecule has 2 aliphatic heterocycles. The van der Waals surface area contributed by atoms with Crippen LogP contribution in [-0.4, -0.2) is 36.7 Å². The van der Waals surface area contributed by atoms with Crippen LogP contribution in [-0.2, 0) is 4.74 Å². The third kappa shape index (κ3) is 3.14. The maximum atomic E-state index is 11.1. The number of hydrogen-bond donors (Lipinski definition) is 1. The number of halogens is 1. The number of aromatic nitrogens is 1. The molecule has 0 saturated carbocycles. The molecule has 2 aliphatic rings. The minimum Gasteiger partial charge on any atom is -0.378 e. The van der Waals surface area contributed by atoms with E-state index < -0.39 is 5.91 Å². The molecule has 114 valence electrons. The lowest BCUT2D eigenvalue weighted by Crippen LogP contribution is -2.38. The average Bonchev–Trinajstić information content (AvgIpc) is 3.01. The summed E-state index contributed by atoms with van der Waals surface area (Å²) in [6, 6.07) is 1.60. The van der Waals surface area contributed by atoms with Crippen LogP contribution in [0, 0.1) is 5.92 Å². The van der Waals surface area contributed by atoms with E-state index >= 15 is 0 Å². The minimum atomic E-state index is -0.506. The molecule has 21 heavy (non-hydrogen) atoms. The van der Waals surface area contributed by atoms with Crippen molar-refractivity contribution in [3.05, 3.63) is 22.8 Å². The number of nitrogens with zero attached hydrogens (tertiary/aromatic N) is 2. The molecule has 0 bridgehead atoms. The van der Waals surface area contributed by atoms with Crippen molar-refractivity contribution < 1.29 is 9.53 Å². The molecule has 2 saturated heterocycles. The molecule has 3 rings (SSSR count). The number of pyridine rings is 1. The quantitative estimate of drug-likeness (QED) is 0.929. The number of nitrogens with two attached hydrogens (primary N) is 1. The molecule has 0 spiro atoms. The van der Waals surface area contributed by atoms with E-state index in [4.69, 9.17) is 22.1 Å². The van der Waals surface area contributed by atoms with Gasteiger partial charge in [-0.15, -0.1) is 0 Å². The molecule has 1 unspecified atom stereocenters. The van der Waals surface area contributed by atoms with Gasteiger partial charge < -0.3 is 15.4 Å². The first kappa shape index (κ1) is 14.6. The number of primary amides is 1. The van der Waals surface area contributed by atoms with Crippen molar-refractivity contribution in [2.45, 2.75) is 31.8 Å². The zero-order valence-corrected chi connectivity index (χ0v) is 12.7. The van der Waals surface area contributed by atoms with Gasteiger partial charge in [-0.25, -0.2) is 4.98 Å². The molecule has 2 fully saturated rings. The lowest BCUT2D eigenvalue weighted by Gasteiger charge is -2.35. The lowest BCUT2D eigenvalue weighted by atomic mass is 9.90. The van der Waals surface area contributed by atoms with Crippen molar-refractivity contribution in [3.8, 4) is 0 Å². The molecule has 1 atom stereocenters. The third-order valence-electron chi connectivity index (χ3n) is 4.44. The topological polar surface area (TPSA) is 68.5 Å². The number of hydrogen-bond acceptors (Lipinski definition) is 4. The van der Waals surface area contributed by atoms with Crippen LogP contribution in [0.3, 0.4) is 0 Å².